The monoisotopic (exact) mass is 347 g/mol. The number of nitrogens with zero attached hydrogens (tertiary/aromatic N) is 1. The molecule has 0 saturated carbocycles. The first-order valence-electron chi connectivity index (χ1n) is 7.98. The number of carbonyl (C=O) groups is 1. The van der Waals surface area contributed by atoms with Gasteiger partial charge in [-0.25, -0.2) is 4.79 Å². The number of halogens is 1. The lowest BCUT2D eigenvalue weighted by Gasteiger charge is -2.16. The van der Waals surface area contributed by atoms with Gasteiger partial charge in [-0.15, -0.1) is 12.4 Å². The smallest absolute Gasteiger partial charge is 0.339 e. The lowest BCUT2D eigenvalue weighted by Crippen LogP contribution is -2.18. The molecule has 1 heterocycles. The minimum atomic E-state index is -0.948. The first-order valence-corrected chi connectivity index (χ1v) is 7.98. The molecule has 24 heavy (non-hydrogen) atoms. The Kier molecular flexibility index (Phi) is 6.64. The summed E-state index contributed by atoms with van der Waals surface area (Å²) in [4.78, 5) is 13.9. The number of rotatable bonds is 6. The van der Waals surface area contributed by atoms with Crippen LogP contribution < -0.4 is 4.74 Å². The van der Waals surface area contributed by atoms with Crippen LogP contribution in [0.2, 0.25) is 0 Å². The molecule has 0 unspecified atom stereocenters. The van der Waals surface area contributed by atoms with E-state index in [9.17, 15) is 9.90 Å². The SMILES string of the molecule is Cl.O=C(O)c1cc(CN2CCCC2)ccc1OCc1ccccc1. The third-order valence-electron chi connectivity index (χ3n) is 4.12. The van der Waals surface area contributed by atoms with E-state index in [2.05, 4.69) is 4.90 Å². The summed E-state index contributed by atoms with van der Waals surface area (Å²) in [5.41, 5.74) is 2.28. The molecule has 3 rings (SSSR count). The molecule has 1 aliphatic rings. The van der Waals surface area contributed by atoms with Crippen molar-refractivity contribution in [2.75, 3.05) is 13.1 Å². The van der Waals surface area contributed by atoms with Gasteiger partial charge in [-0.3, -0.25) is 4.90 Å². The van der Waals surface area contributed by atoms with Crippen LogP contribution in [-0.4, -0.2) is 29.1 Å². The number of carboxylic acids is 1. The average Bonchev–Trinajstić information content (AvgIpc) is 3.07. The second-order valence-electron chi connectivity index (χ2n) is 5.89. The van der Waals surface area contributed by atoms with Gasteiger partial charge in [0, 0.05) is 6.54 Å². The van der Waals surface area contributed by atoms with Crippen molar-refractivity contribution in [3.8, 4) is 5.75 Å². The molecule has 1 N–H and O–H groups in total. The topological polar surface area (TPSA) is 49.8 Å². The van der Waals surface area contributed by atoms with Crippen molar-refractivity contribution in [3.05, 3.63) is 65.2 Å². The van der Waals surface area contributed by atoms with Crippen molar-refractivity contribution < 1.29 is 14.6 Å². The molecule has 0 spiro atoms. The molecule has 0 radical (unpaired) electrons. The largest absolute Gasteiger partial charge is 0.488 e. The second-order valence-corrected chi connectivity index (χ2v) is 5.89. The minimum absolute atomic E-state index is 0. The number of aromatic carboxylic acids is 1. The fraction of sp³-hybridized carbons (Fsp3) is 0.316. The van der Waals surface area contributed by atoms with Crippen molar-refractivity contribution in [1.82, 2.24) is 4.90 Å². The van der Waals surface area contributed by atoms with Gasteiger partial charge in [0.25, 0.3) is 0 Å². The van der Waals surface area contributed by atoms with Gasteiger partial charge in [0.05, 0.1) is 0 Å². The number of likely N-dealkylation sites (tertiary alicyclic amines) is 1. The zero-order chi connectivity index (χ0) is 16.1. The van der Waals surface area contributed by atoms with E-state index in [-0.39, 0.29) is 18.0 Å². The van der Waals surface area contributed by atoms with Crippen LogP contribution in [0, 0.1) is 0 Å². The van der Waals surface area contributed by atoms with E-state index < -0.39 is 5.97 Å². The highest BCUT2D eigenvalue weighted by Gasteiger charge is 2.16. The van der Waals surface area contributed by atoms with Crippen LogP contribution in [0.25, 0.3) is 0 Å². The summed E-state index contributed by atoms with van der Waals surface area (Å²) in [6, 6.07) is 15.2. The van der Waals surface area contributed by atoms with Gasteiger partial charge in [0.1, 0.15) is 17.9 Å². The Hall–Kier alpha value is -2.04. The molecule has 0 aliphatic carbocycles. The zero-order valence-electron chi connectivity index (χ0n) is 13.5. The predicted molar refractivity (Wildman–Crippen MR) is 95.9 cm³/mol. The predicted octanol–water partition coefficient (Wildman–Crippen LogP) is 3.98. The Balaban J connectivity index is 0.00000208. The van der Waals surface area contributed by atoms with Crippen LogP contribution in [0.15, 0.2) is 48.5 Å². The molecule has 5 heteroatoms. The minimum Gasteiger partial charge on any atom is -0.488 e. The quantitative estimate of drug-likeness (QED) is 0.858. The summed E-state index contributed by atoms with van der Waals surface area (Å²) < 4.78 is 5.72. The lowest BCUT2D eigenvalue weighted by atomic mass is 10.1. The number of benzene rings is 2. The van der Waals surface area contributed by atoms with Gasteiger partial charge < -0.3 is 9.84 Å². The summed E-state index contributed by atoms with van der Waals surface area (Å²) in [6.07, 6.45) is 2.45. The normalized spacial score (nSPS) is 14.2. The van der Waals surface area contributed by atoms with Crippen LogP contribution in [0.1, 0.15) is 34.3 Å². The van der Waals surface area contributed by atoms with Gasteiger partial charge >= 0.3 is 5.97 Å². The summed E-state index contributed by atoms with van der Waals surface area (Å²) in [5, 5.41) is 9.45. The van der Waals surface area contributed by atoms with E-state index >= 15 is 0 Å². The maximum absolute atomic E-state index is 11.5. The molecule has 1 saturated heterocycles. The van der Waals surface area contributed by atoms with Crippen LogP contribution in [0.5, 0.6) is 5.75 Å². The fourth-order valence-electron chi connectivity index (χ4n) is 2.90. The van der Waals surface area contributed by atoms with Crippen molar-refractivity contribution in [1.29, 1.82) is 0 Å². The first kappa shape index (κ1) is 18.3. The van der Waals surface area contributed by atoms with Gasteiger partial charge in [-0.1, -0.05) is 36.4 Å². The lowest BCUT2D eigenvalue weighted by molar-refractivity contribution is 0.0691. The summed E-state index contributed by atoms with van der Waals surface area (Å²) >= 11 is 0. The van der Waals surface area contributed by atoms with Crippen LogP contribution in [0.4, 0.5) is 0 Å². The molecule has 1 aliphatic heterocycles. The Morgan fingerprint density at radius 1 is 1.04 bits per heavy atom. The molecule has 0 amide bonds. The van der Waals surface area contributed by atoms with Gasteiger partial charge in [0.15, 0.2) is 0 Å². The molecule has 0 bridgehead atoms. The van der Waals surface area contributed by atoms with E-state index in [1.54, 1.807) is 12.1 Å². The second kappa shape index (κ2) is 8.71. The third kappa shape index (κ3) is 4.73. The van der Waals surface area contributed by atoms with Gasteiger partial charge in [0.2, 0.25) is 0 Å². The molecule has 2 aromatic rings. The molecule has 0 aromatic heterocycles. The van der Waals surface area contributed by atoms with Crippen molar-refractivity contribution in [3.63, 3.8) is 0 Å². The number of hydrogen-bond acceptors (Lipinski definition) is 3. The van der Waals surface area contributed by atoms with Crippen molar-refractivity contribution in [2.24, 2.45) is 0 Å². The fourth-order valence-corrected chi connectivity index (χ4v) is 2.90. The van der Waals surface area contributed by atoms with E-state index in [1.165, 1.54) is 12.8 Å². The number of hydrogen-bond donors (Lipinski definition) is 1. The third-order valence-corrected chi connectivity index (χ3v) is 4.12. The molecular weight excluding hydrogens is 326 g/mol. The Bertz CT molecular complexity index is 670. The van der Waals surface area contributed by atoms with Crippen molar-refractivity contribution in [2.45, 2.75) is 26.0 Å². The first-order chi connectivity index (χ1) is 11.2. The molecule has 128 valence electrons. The van der Waals surface area contributed by atoms with E-state index in [1.807, 2.05) is 36.4 Å². The Morgan fingerprint density at radius 2 is 1.75 bits per heavy atom. The van der Waals surface area contributed by atoms with Gasteiger partial charge in [-0.05, 0) is 49.2 Å². The molecule has 1 fully saturated rings. The average molecular weight is 348 g/mol. The van der Waals surface area contributed by atoms with Crippen LogP contribution in [-0.2, 0) is 13.2 Å². The zero-order valence-corrected chi connectivity index (χ0v) is 14.3. The molecule has 0 atom stereocenters. The van der Waals surface area contributed by atoms with E-state index in [0.717, 1.165) is 30.8 Å². The summed E-state index contributed by atoms with van der Waals surface area (Å²) in [6.45, 7) is 3.36. The highest BCUT2D eigenvalue weighted by molar-refractivity contribution is 5.91. The van der Waals surface area contributed by atoms with Gasteiger partial charge in [-0.2, -0.15) is 0 Å². The standard InChI is InChI=1S/C19H21NO3.ClH/c21-19(22)17-12-16(13-20-10-4-5-11-20)8-9-18(17)23-14-15-6-2-1-3-7-15;/h1-3,6-9,12H,4-5,10-11,13-14H2,(H,21,22);1H. The maximum Gasteiger partial charge on any atom is 0.339 e. The molecule has 4 nitrogen and oxygen atoms in total. The number of ether oxygens (including phenoxy) is 1. The highest BCUT2D eigenvalue weighted by atomic mass is 35.5. The van der Waals surface area contributed by atoms with E-state index in [4.69, 9.17) is 4.74 Å². The van der Waals surface area contributed by atoms with Crippen LogP contribution in [0.3, 0.4) is 0 Å². The Labute approximate surface area is 148 Å². The highest BCUT2D eigenvalue weighted by Crippen LogP contribution is 2.23. The summed E-state index contributed by atoms with van der Waals surface area (Å²) in [5.74, 6) is -0.525. The molecule has 2 aromatic carbocycles. The maximum atomic E-state index is 11.5. The van der Waals surface area contributed by atoms with E-state index in [0.29, 0.717) is 12.4 Å². The van der Waals surface area contributed by atoms with Crippen molar-refractivity contribution >= 4 is 18.4 Å². The van der Waals surface area contributed by atoms with Crippen LogP contribution >= 0.6 is 12.4 Å². The summed E-state index contributed by atoms with van der Waals surface area (Å²) in [7, 11) is 0. The molecular formula is C19H22ClNO3. The number of carboxylic acid groups (broad SMARTS) is 1. The Morgan fingerprint density at radius 3 is 2.42 bits per heavy atom.